The average molecular weight is 285 g/mol. The van der Waals surface area contributed by atoms with E-state index in [2.05, 4.69) is 26.1 Å². The summed E-state index contributed by atoms with van der Waals surface area (Å²) in [5.74, 6) is 0.589. The Morgan fingerprint density at radius 2 is 2.00 bits per heavy atom. The van der Waals surface area contributed by atoms with E-state index >= 15 is 0 Å². The standard InChI is InChI=1S/C14H21ClN2O2/c1-4-11(5-2)10(3)16-9-12-6-7-13(15)8-14(12)17(18)19/h6-8,10-11,16H,4-5,9H2,1-3H3. The molecule has 0 aliphatic carbocycles. The van der Waals surface area contributed by atoms with Crippen molar-refractivity contribution in [3.63, 3.8) is 0 Å². The molecule has 1 N–H and O–H groups in total. The quantitative estimate of drug-likeness (QED) is 0.604. The molecule has 0 aromatic heterocycles. The summed E-state index contributed by atoms with van der Waals surface area (Å²) in [5, 5.41) is 14.7. The molecule has 4 nitrogen and oxygen atoms in total. The number of nitro groups is 1. The van der Waals surface area contributed by atoms with Crippen LogP contribution in [0.4, 0.5) is 5.69 Å². The van der Waals surface area contributed by atoms with E-state index in [9.17, 15) is 10.1 Å². The lowest BCUT2D eigenvalue weighted by atomic mass is 9.95. The third kappa shape index (κ3) is 4.48. The van der Waals surface area contributed by atoms with Crippen molar-refractivity contribution in [1.82, 2.24) is 5.32 Å². The normalized spacial score (nSPS) is 12.7. The maximum atomic E-state index is 11.0. The van der Waals surface area contributed by atoms with Gasteiger partial charge in [-0.05, 0) is 25.0 Å². The predicted molar refractivity (Wildman–Crippen MR) is 78.5 cm³/mol. The van der Waals surface area contributed by atoms with Crippen LogP contribution in [0, 0.1) is 16.0 Å². The highest BCUT2D eigenvalue weighted by atomic mass is 35.5. The van der Waals surface area contributed by atoms with Crippen molar-refractivity contribution in [2.45, 2.75) is 46.2 Å². The third-order valence-electron chi connectivity index (χ3n) is 3.61. The van der Waals surface area contributed by atoms with Crippen LogP contribution in [0.5, 0.6) is 0 Å². The maximum Gasteiger partial charge on any atom is 0.275 e. The molecular formula is C14H21ClN2O2. The van der Waals surface area contributed by atoms with Crippen molar-refractivity contribution in [2.24, 2.45) is 5.92 Å². The van der Waals surface area contributed by atoms with E-state index in [1.165, 1.54) is 6.07 Å². The minimum atomic E-state index is -0.384. The molecule has 19 heavy (non-hydrogen) atoms. The molecule has 0 amide bonds. The first-order valence-electron chi connectivity index (χ1n) is 6.65. The first-order valence-corrected chi connectivity index (χ1v) is 7.03. The number of benzene rings is 1. The van der Waals surface area contributed by atoms with Crippen LogP contribution in [0.25, 0.3) is 0 Å². The van der Waals surface area contributed by atoms with Gasteiger partial charge in [-0.2, -0.15) is 0 Å². The van der Waals surface area contributed by atoms with E-state index in [4.69, 9.17) is 11.6 Å². The van der Waals surface area contributed by atoms with Crippen molar-refractivity contribution in [2.75, 3.05) is 0 Å². The van der Waals surface area contributed by atoms with Gasteiger partial charge in [-0.3, -0.25) is 10.1 Å². The van der Waals surface area contributed by atoms with Crippen LogP contribution in [-0.4, -0.2) is 11.0 Å². The van der Waals surface area contributed by atoms with Gasteiger partial charge >= 0.3 is 0 Å². The molecule has 1 rings (SSSR count). The van der Waals surface area contributed by atoms with Crippen molar-refractivity contribution in [1.29, 1.82) is 0 Å². The van der Waals surface area contributed by atoms with E-state index in [1.807, 2.05) is 0 Å². The molecule has 1 aromatic rings. The Kier molecular flexibility index (Phi) is 6.25. The molecule has 1 unspecified atom stereocenters. The number of halogens is 1. The second-order valence-electron chi connectivity index (χ2n) is 4.78. The summed E-state index contributed by atoms with van der Waals surface area (Å²) >= 11 is 5.79. The average Bonchev–Trinajstić information content (AvgIpc) is 2.38. The van der Waals surface area contributed by atoms with Crippen LogP contribution < -0.4 is 5.32 Å². The van der Waals surface area contributed by atoms with E-state index in [0.29, 0.717) is 29.1 Å². The smallest absolute Gasteiger partial charge is 0.275 e. The first kappa shape index (κ1) is 15.9. The lowest BCUT2D eigenvalue weighted by Gasteiger charge is -2.22. The lowest BCUT2D eigenvalue weighted by molar-refractivity contribution is -0.385. The number of nitro benzene ring substituents is 1. The number of hydrogen-bond donors (Lipinski definition) is 1. The van der Waals surface area contributed by atoms with Gasteiger partial charge in [0.15, 0.2) is 0 Å². The topological polar surface area (TPSA) is 55.2 Å². The molecule has 0 saturated heterocycles. The highest BCUT2D eigenvalue weighted by molar-refractivity contribution is 6.30. The monoisotopic (exact) mass is 284 g/mol. The van der Waals surface area contributed by atoms with Crippen molar-refractivity contribution < 1.29 is 4.92 Å². The summed E-state index contributed by atoms with van der Waals surface area (Å²) in [6.07, 6.45) is 2.21. The van der Waals surface area contributed by atoms with Crippen LogP contribution in [0.1, 0.15) is 39.2 Å². The van der Waals surface area contributed by atoms with Gasteiger partial charge in [0, 0.05) is 29.2 Å². The minimum Gasteiger partial charge on any atom is -0.310 e. The summed E-state index contributed by atoms with van der Waals surface area (Å²) in [7, 11) is 0. The zero-order valence-corrected chi connectivity index (χ0v) is 12.4. The molecule has 0 fully saturated rings. The molecule has 0 aliphatic rings. The Hall–Kier alpha value is -1.13. The van der Waals surface area contributed by atoms with E-state index in [0.717, 1.165) is 12.8 Å². The fraction of sp³-hybridized carbons (Fsp3) is 0.571. The highest BCUT2D eigenvalue weighted by Gasteiger charge is 2.17. The summed E-state index contributed by atoms with van der Waals surface area (Å²) in [6.45, 7) is 6.94. The summed E-state index contributed by atoms with van der Waals surface area (Å²) in [5.41, 5.74) is 0.754. The van der Waals surface area contributed by atoms with Crippen LogP contribution >= 0.6 is 11.6 Å². The zero-order chi connectivity index (χ0) is 14.4. The summed E-state index contributed by atoms with van der Waals surface area (Å²) in [6, 6.07) is 5.14. The Bertz CT molecular complexity index is 433. The first-order chi connectivity index (χ1) is 8.99. The van der Waals surface area contributed by atoms with Crippen LogP contribution in [0.3, 0.4) is 0 Å². The second kappa shape index (κ2) is 7.46. The van der Waals surface area contributed by atoms with Crippen molar-refractivity contribution in [3.8, 4) is 0 Å². The van der Waals surface area contributed by atoms with Crippen molar-refractivity contribution in [3.05, 3.63) is 38.9 Å². The van der Waals surface area contributed by atoms with Gasteiger partial charge in [0.25, 0.3) is 5.69 Å². The van der Waals surface area contributed by atoms with Gasteiger partial charge in [0.2, 0.25) is 0 Å². The Labute approximate surface area is 119 Å². The van der Waals surface area contributed by atoms with Crippen LogP contribution in [0.15, 0.2) is 18.2 Å². The third-order valence-corrected chi connectivity index (χ3v) is 3.85. The fourth-order valence-corrected chi connectivity index (χ4v) is 2.46. The Balaban J connectivity index is 2.75. The van der Waals surface area contributed by atoms with E-state index in [-0.39, 0.29) is 10.6 Å². The molecular weight excluding hydrogens is 264 g/mol. The van der Waals surface area contributed by atoms with Gasteiger partial charge in [-0.15, -0.1) is 0 Å². The van der Waals surface area contributed by atoms with Gasteiger partial charge in [0.05, 0.1) is 4.92 Å². The minimum absolute atomic E-state index is 0.0803. The Morgan fingerprint density at radius 3 is 2.53 bits per heavy atom. The molecule has 0 heterocycles. The molecule has 0 spiro atoms. The zero-order valence-electron chi connectivity index (χ0n) is 11.6. The molecule has 1 atom stereocenters. The SMILES string of the molecule is CCC(CC)C(C)NCc1ccc(Cl)cc1[N+](=O)[O-]. The Morgan fingerprint density at radius 1 is 1.37 bits per heavy atom. The molecule has 0 radical (unpaired) electrons. The van der Waals surface area contributed by atoms with Gasteiger partial charge in [-0.1, -0.05) is 38.3 Å². The van der Waals surface area contributed by atoms with Crippen molar-refractivity contribution >= 4 is 17.3 Å². The number of rotatable bonds is 7. The number of hydrogen-bond acceptors (Lipinski definition) is 3. The lowest BCUT2D eigenvalue weighted by Crippen LogP contribution is -2.32. The fourth-order valence-electron chi connectivity index (χ4n) is 2.29. The molecule has 0 saturated carbocycles. The number of nitrogens with zero attached hydrogens (tertiary/aromatic N) is 1. The largest absolute Gasteiger partial charge is 0.310 e. The second-order valence-corrected chi connectivity index (χ2v) is 5.21. The molecule has 0 aliphatic heterocycles. The maximum absolute atomic E-state index is 11.0. The summed E-state index contributed by atoms with van der Waals surface area (Å²) < 4.78 is 0. The van der Waals surface area contributed by atoms with E-state index in [1.54, 1.807) is 12.1 Å². The van der Waals surface area contributed by atoms with Gasteiger partial charge < -0.3 is 5.32 Å². The van der Waals surface area contributed by atoms with Crippen LogP contribution in [0.2, 0.25) is 5.02 Å². The molecule has 106 valence electrons. The molecule has 1 aromatic carbocycles. The summed E-state index contributed by atoms with van der Waals surface area (Å²) in [4.78, 5) is 10.6. The molecule has 0 bridgehead atoms. The van der Waals surface area contributed by atoms with Crippen LogP contribution in [-0.2, 0) is 6.54 Å². The molecule has 5 heteroatoms. The number of nitrogens with one attached hydrogen (secondary N) is 1. The van der Waals surface area contributed by atoms with Gasteiger partial charge in [-0.25, -0.2) is 0 Å². The van der Waals surface area contributed by atoms with E-state index < -0.39 is 0 Å². The van der Waals surface area contributed by atoms with Gasteiger partial charge in [0.1, 0.15) is 0 Å². The predicted octanol–water partition coefficient (Wildman–Crippen LogP) is 4.16. The highest BCUT2D eigenvalue weighted by Crippen LogP contribution is 2.23.